The van der Waals surface area contributed by atoms with Gasteiger partial charge in [-0.05, 0) is 5.31 Å². The van der Waals surface area contributed by atoms with Crippen LogP contribution < -0.4 is 0 Å². The van der Waals surface area contributed by atoms with E-state index in [9.17, 15) is 30.7 Å². The van der Waals surface area contributed by atoms with E-state index in [-0.39, 0.29) is 6.42 Å². The average Bonchev–Trinajstić information content (AvgIpc) is 2.46. The SMILES string of the molecule is BC(C)(CC)c1c(F)c(F)c2c(F)c(F)c(F)c(F)c2c1F. The van der Waals surface area contributed by atoms with Gasteiger partial charge < -0.3 is 0 Å². The van der Waals surface area contributed by atoms with E-state index in [1.165, 1.54) is 14.8 Å². The van der Waals surface area contributed by atoms with Crippen molar-refractivity contribution in [1.82, 2.24) is 0 Å². The molecule has 0 amide bonds. The summed E-state index contributed by atoms with van der Waals surface area (Å²) in [5, 5.41) is -4.29. The summed E-state index contributed by atoms with van der Waals surface area (Å²) in [6.07, 6.45) is 0.138. The van der Waals surface area contributed by atoms with E-state index in [1.807, 2.05) is 0 Å². The Kier molecular flexibility index (Phi) is 3.91. The molecular weight excluding hydrogens is 312 g/mol. The van der Waals surface area contributed by atoms with Crippen LogP contribution in [0.5, 0.6) is 0 Å². The maximum Gasteiger partial charge on any atom is 0.198 e. The van der Waals surface area contributed by atoms with Gasteiger partial charge in [-0.15, -0.1) is 0 Å². The highest BCUT2D eigenvalue weighted by atomic mass is 19.2. The maximum absolute atomic E-state index is 14.4. The zero-order chi connectivity index (χ0) is 17.0. The first-order chi connectivity index (χ1) is 10.1. The van der Waals surface area contributed by atoms with Gasteiger partial charge in [-0.1, -0.05) is 20.3 Å². The van der Waals surface area contributed by atoms with Crippen LogP contribution in [-0.2, 0) is 5.31 Å². The minimum atomic E-state index is -2.33. The van der Waals surface area contributed by atoms with Crippen molar-refractivity contribution in [3.05, 3.63) is 46.3 Å². The molecule has 0 aliphatic rings. The monoisotopic (exact) mass is 322 g/mol. The fourth-order valence-corrected chi connectivity index (χ4v) is 2.26. The third-order valence-corrected chi connectivity index (χ3v) is 3.90. The zero-order valence-corrected chi connectivity index (χ0v) is 11.9. The Morgan fingerprint density at radius 3 is 1.45 bits per heavy atom. The molecule has 0 spiro atoms. The molecule has 0 heterocycles. The van der Waals surface area contributed by atoms with Gasteiger partial charge in [-0.2, -0.15) is 0 Å². The second kappa shape index (κ2) is 5.17. The number of halogens is 7. The van der Waals surface area contributed by atoms with Crippen molar-refractivity contribution >= 4 is 18.6 Å². The molecule has 22 heavy (non-hydrogen) atoms. The van der Waals surface area contributed by atoms with Crippen molar-refractivity contribution < 1.29 is 30.7 Å². The average molecular weight is 322 g/mol. The highest BCUT2D eigenvalue weighted by Gasteiger charge is 2.35. The quantitative estimate of drug-likeness (QED) is 0.338. The summed E-state index contributed by atoms with van der Waals surface area (Å²) in [6.45, 7) is 2.90. The van der Waals surface area contributed by atoms with Crippen LogP contribution in [0, 0.1) is 40.7 Å². The lowest BCUT2D eigenvalue weighted by atomic mass is 9.63. The lowest BCUT2D eigenvalue weighted by Gasteiger charge is -2.26. The summed E-state index contributed by atoms with van der Waals surface area (Å²) >= 11 is 0. The third-order valence-electron chi connectivity index (χ3n) is 3.90. The highest BCUT2D eigenvalue weighted by molar-refractivity contribution is 6.16. The number of rotatable bonds is 2. The minimum absolute atomic E-state index is 0.138. The molecule has 0 aliphatic heterocycles. The summed E-state index contributed by atoms with van der Waals surface area (Å²) in [4.78, 5) is 0. The minimum Gasteiger partial charge on any atom is -0.206 e. The summed E-state index contributed by atoms with van der Waals surface area (Å²) in [5.74, 6) is -14.2. The number of benzene rings is 2. The molecule has 1 atom stereocenters. The Bertz CT molecular complexity index is 783. The van der Waals surface area contributed by atoms with E-state index in [0.717, 1.165) is 0 Å². The van der Waals surface area contributed by atoms with Crippen LogP contribution >= 0.6 is 0 Å². The molecule has 0 fully saturated rings. The molecule has 0 radical (unpaired) electrons. The molecule has 2 rings (SSSR count). The van der Waals surface area contributed by atoms with Gasteiger partial charge in [0.2, 0.25) is 0 Å². The predicted octanol–water partition coefficient (Wildman–Crippen LogP) is 4.07. The van der Waals surface area contributed by atoms with Crippen molar-refractivity contribution in [2.45, 2.75) is 25.6 Å². The molecule has 8 heteroatoms. The van der Waals surface area contributed by atoms with E-state index < -0.39 is 62.4 Å². The van der Waals surface area contributed by atoms with Gasteiger partial charge in [-0.3, -0.25) is 0 Å². The van der Waals surface area contributed by atoms with Crippen molar-refractivity contribution in [3.8, 4) is 0 Å². The molecule has 0 aliphatic carbocycles. The Morgan fingerprint density at radius 1 is 0.682 bits per heavy atom. The third kappa shape index (κ3) is 2.07. The fourth-order valence-electron chi connectivity index (χ4n) is 2.26. The Hall–Kier alpha value is -1.73. The molecule has 2 aromatic carbocycles. The number of fused-ring (bicyclic) bond motifs is 1. The molecule has 0 N–H and O–H groups in total. The van der Waals surface area contributed by atoms with Crippen LogP contribution in [0.2, 0.25) is 0 Å². The van der Waals surface area contributed by atoms with Crippen molar-refractivity contribution in [3.63, 3.8) is 0 Å². The van der Waals surface area contributed by atoms with Crippen LogP contribution in [0.3, 0.4) is 0 Å². The molecule has 0 saturated carbocycles. The Labute approximate surface area is 122 Å². The summed E-state index contributed by atoms with van der Waals surface area (Å²) in [6, 6.07) is 0. The smallest absolute Gasteiger partial charge is 0.198 e. The zero-order valence-electron chi connectivity index (χ0n) is 11.9. The van der Waals surface area contributed by atoms with Gasteiger partial charge in [0, 0.05) is 5.56 Å². The van der Waals surface area contributed by atoms with Crippen molar-refractivity contribution in [2.75, 3.05) is 0 Å². The maximum atomic E-state index is 14.4. The van der Waals surface area contributed by atoms with Gasteiger partial charge in [-0.25, -0.2) is 30.7 Å². The molecule has 0 bridgehead atoms. The topological polar surface area (TPSA) is 0 Å². The Balaban J connectivity index is 3.15. The second-order valence-electron chi connectivity index (χ2n) is 5.56. The summed E-state index contributed by atoms with van der Waals surface area (Å²) < 4.78 is 96.4. The largest absolute Gasteiger partial charge is 0.206 e. The van der Waals surface area contributed by atoms with Crippen LogP contribution in [0.1, 0.15) is 25.8 Å². The number of hydrogen-bond acceptors (Lipinski definition) is 0. The molecule has 0 nitrogen and oxygen atoms in total. The first-order valence-electron chi connectivity index (χ1n) is 6.38. The van der Waals surface area contributed by atoms with Crippen LogP contribution in [0.15, 0.2) is 0 Å². The summed E-state index contributed by atoms with van der Waals surface area (Å²) in [5.41, 5.74) is -0.843. The summed E-state index contributed by atoms with van der Waals surface area (Å²) in [7, 11) is 1.36. The van der Waals surface area contributed by atoms with E-state index >= 15 is 0 Å². The first-order valence-corrected chi connectivity index (χ1v) is 6.38. The van der Waals surface area contributed by atoms with Crippen molar-refractivity contribution in [1.29, 1.82) is 0 Å². The standard InChI is InChI=1S/C14H10BF7/c1-3-14(2,15)6-7(16)4-5(8(17)11(6)20)10(19)13(22)12(21)9(4)18/h3,15H2,1-2H3. The number of hydrogen-bond donors (Lipinski definition) is 0. The Morgan fingerprint density at radius 2 is 1.05 bits per heavy atom. The molecule has 0 aromatic heterocycles. The fraction of sp³-hybridized carbons (Fsp3) is 0.286. The van der Waals surface area contributed by atoms with E-state index in [4.69, 9.17) is 0 Å². The molecular formula is C14H10BF7. The van der Waals surface area contributed by atoms with Gasteiger partial charge in [0.15, 0.2) is 34.9 Å². The van der Waals surface area contributed by atoms with Crippen LogP contribution in [0.4, 0.5) is 30.7 Å². The van der Waals surface area contributed by atoms with Gasteiger partial charge in [0.05, 0.1) is 10.8 Å². The van der Waals surface area contributed by atoms with E-state index in [1.54, 1.807) is 6.92 Å². The lowest BCUT2D eigenvalue weighted by molar-refractivity contribution is 0.408. The van der Waals surface area contributed by atoms with Crippen molar-refractivity contribution in [2.24, 2.45) is 0 Å². The predicted molar refractivity (Wildman–Crippen MR) is 69.8 cm³/mol. The van der Waals surface area contributed by atoms with Gasteiger partial charge >= 0.3 is 0 Å². The van der Waals surface area contributed by atoms with Crippen LogP contribution in [0.25, 0.3) is 10.8 Å². The van der Waals surface area contributed by atoms with E-state index in [2.05, 4.69) is 0 Å². The first kappa shape index (κ1) is 16.6. The molecule has 118 valence electrons. The van der Waals surface area contributed by atoms with Gasteiger partial charge in [0.25, 0.3) is 0 Å². The molecule has 1 unspecified atom stereocenters. The normalized spacial score (nSPS) is 14.4. The molecule has 0 saturated heterocycles. The van der Waals surface area contributed by atoms with Gasteiger partial charge in [0.1, 0.15) is 13.7 Å². The second-order valence-corrected chi connectivity index (χ2v) is 5.56. The lowest BCUT2D eigenvalue weighted by Crippen LogP contribution is -2.25. The van der Waals surface area contributed by atoms with Crippen LogP contribution in [-0.4, -0.2) is 7.85 Å². The highest BCUT2D eigenvalue weighted by Crippen LogP contribution is 2.38. The molecule has 2 aromatic rings. The van der Waals surface area contributed by atoms with E-state index in [0.29, 0.717) is 0 Å².